The Morgan fingerprint density at radius 2 is 1.86 bits per heavy atom. The number of nitrogens with two attached hydrogens (primary N) is 1. The van der Waals surface area contributed by atoms with Gasteiger partial charge in [-0.2, -0.15) is 0 Å². The first-order chi connectivity index (χ1) is 10.1. The van der Waals surface area contributed by atoms with Crippen molar-refractivity contribution in [3.8, 4) is 0 Å². The van der Waals surface area contributed by atoms with Gasteiger partial charge in [-0.15, -0.1) is 12.4 Å². The predicted molar refractivity (Wildman–Crippen MR) is 88.2 cm³/mol. The molecule has 0 aromatic heterocycles. The largest absolute Gasteiger partial charge is 0.465 e. The number of nitrogens with one attached hydrogen (secondary N) is 1. The molecule has 0 spiro atoms. The van der Waals surface area contributed by atoms with Gasteiger partial charge in [0, 0.05) is 18.2 Å². The predicted octanol–water partition coefficient (Wildman–Crippen LogP) is 2.74. The summed E-state index contributed by atoms with van der Waals surface area (Å²) in [5.74, 6) is -0.141. The van der Waals surface area contributed by atoms with Crippen LogP contribution in [0.4, 0.5) is 5.69 Å². The topological polar surface area (TPSA) is 81.4 Å². The highest BCUT2D eigenvalue weighted by atomic mass is 35.5. The van der Waals surface area contributed by atoms with Gasteiger partial charge in [0.05, 0.1) is 12.7 Å². The average molecular weight is 327 g/mol. The van der Waals surface area contributed by atoms with Gasteiger partial charge in [-0.25, -0.2) is 4.79 Å². The first-order valence-electron chi connectivity index (χ1n) is 7.34. The number of ether oxygens (including phenoxy) is 1. The van der Waals surface area contributed by atoms with E-state index in [2.05, 4.69) is 10.1 Å². The number of hydrogen-bond donors (Lipinski definition) is 2. The molecule has 0 heterocycles. The molecule has 0 radical (unpaired) electrons. The monoisotopic (exact) mass is 326 g/mol. The minimum atomic E-state index is -0.388. The summed E-state index contributed by atoms with van der Waals surface area (Å²) >= 11 is 0. The van der Waals surface area contributed by atoms with Gasteiger partial charge in [-0.1, -0.05) is 12.8 Å². The molecule has 1 aromatic rings. The summed E-state index contributed by atoms with van der Waals surface area (Å²) in [6.07, 6.45) is 4.80. The summed E-state index contributed by atoms with van der Waals surface area (Å²) in [6.45, 7) is 0. The van der Waals surface area contributed by atoms with E-state index >= 15 is 0 Å². The maximum atomic E-state index is 12.0. The van der Waals surface area contributed by atoms with E-state index < -0.39 is 0 Å². The van der Waals surface area contributed by atoms with Gasteiger partial charge < -0.3 is 15.8 Å². The van der Waals surface area contributed by atoms with Gasteiger partial charge in [0.1, 0.15) is 0 Å². The van der Waals surface area contributed by atoms with Gasteiger partial charge in [0.25, 0.3) is 0 Å². The van der Waals surface area contributed by atoms with Crippen molar-refractivity contribution < 1.29 is 14.3 Å². The van der Waals surface area contributed by atoms with Gasteiger partial charge in [-0.05, 0) is 43.0 Å². The van der Waals surface area contributed by atoms with Crippen molar-refractivity contribution in [2.45, 2.75) is 38.1 Å². The lowest BCUT2D eigenvalue weighted by molar-refractivity contribution is -0.117. The minimum absolute atomic E-state index is 0. The first-order valence-corrected chi connectivity index (χ1v) is 7.34. The molecular weight excluding hydrogens is 304 g/mol. The molecule has 2 unspecified atom stereocenters. The molecule has 0 bridgehead atoms. The Bertz CT molecular complexity index is 505. The van der Waals surface area contributed by atoms with Gasteiger partial charge in [-0.3, -0.25) is 4.79 Å². The van der Waals surface area contributed by atoms with E-state index in [1.165, 1.54) is 7.11 Å². The molecule has 3 N–H and O–H groups in total. The zero-order valence-electron chi connectivity index (χ0n) is 12.7. The number of halogens is 1. The Morgan fingerprint density at radius 3 is 2.45 bits per heavy atom. The lowest BCUT2D eigenvalue weighted by Gasteiger charge is -2.27. The SMILES string of the molecule is COC(=O)c1ccc(NC(=O)CC2CCCCC2N)cc1.Cl. The Morgan fingerprint density at radius 1 is 1.23 bits per heavy atom. The molecule has 1 aliphatic rings. The van der Waals surface area contributed by atoms with Crippen LogP contribution in [-0.4, -0.2) is 25.0 Å². The molecule has 1 amide bonds. The van der Waals surface area contributed by atoms with Crippen LogP contribution in [0.25, 0.3) is 0 Å². The molecule has 122 valence electrons. The van der Waals surface area contributed by atoms with E-state index in [1.54, 1.807) is 24.3 Å². The fraction of sp³-hybridized carbons (Fsp3) is 0.500. The maximum absolute atomic E-state index is 12.0. The van der Waals surface area contributed by atoms with Crippen molar-refractivity contribution in [3.63, 3.8) is 0 Å². The number of benzene rings is 1. The number of carbonyl (C=O) groups excluding carboxylic acids is 2. The standard InChI is InChI=1S/C16H22N2O3.ClH/c1-21-16(20)11-6-8-13(9-7-11)18-15(19)10-12-4-2-3-5-14(12)17;/h6-9,12,14H,2-5,10,17H2,1H3,(H,18,19);1H. The fourth-order valence-electron chi connectivity index (χ4n) is 2.75. The van der Waals surface area contributed by atoms with Gasteiger partial charge >= 0.3 is 5.97 Å². The van der Waals surface area contributed by atoms with Crippen LogP contribution in [0.15, 0.2) is 24.3 Å². The molecule has 1 fully saturated rings. The van der Waals surface area contributed by atoms with Crippen molar-refractivity contribution in [2.75, 3.05) is 12.4 Å². The molecule has 22 heavy (non-hydrogen) atoms. The highest BCUT2D eigenvalue weighted by Crippen LogP contribution is 2.26. The zero-order chi connectivity index (χ0) is 15.2. The number of rotatable bonds is 4. The van der Waals surface area contributed by atoms with E-state index in [0.29, 0.717) is 17.7 Å². The minimum Gasteiger partial charge on any atom is -0.465 e. The quantitative estimate of drug-likeness (QED) is 0.834. The average Bonchev–Trinajstić information content (AvgIpc) is 2.49. The molecule has 0 saturated heterocycles. The summed E-state index contributed by atoms with van der Waals surface area (Å²) < 4.78 is 4.63. The zero-order valence-corrected chi connectivity index (χ0v) is 13.5. The van der Waals surface area contributed by atoms with Crippen LogP contribution < -0.4 is 11.1 Å². The first kappa shape index (κ1) is 18.5. The van der Waals surface area contributed by atoms with Crippen LogP contribution in [-0.2, 0) is 9.53 Å². The second kappa shape index (κ2) is 8.76. The summed E-state index contributed by atoms with van der Waals surface area (Å²) in [5, 5.41) is 2.85. The van der Waals surface area contributed by atoms with Crippen LogP contribution in [0.2, 0.25) is 0 Å². The summed E-state index contributed by atoms with van der Waals surface area (Å²) in [5.41, 5.74) is 7.20. The Kier molecular flexibility index (Phi) is 7.35. The van der Waals surface area contributed by atoms with Gasteiger partial charge in [0.2, 0.25) is 5.91 Å². The Labute approximate surface area is 137 Å². The number of anilines is 1. The van der Waals surface area contributed by atoms with Crippen molar-refractivity contribution in [3.05, 3.63) is 29.8 Å². The molecule has 1 aliphatic carbocycles. The summed E-state index contributed by atoms with van der Waals surface area (Å²) in [7, 11) is 1.34. The molecule has 1 saturated carbocycles. The van der Waals surface area contributed by atoms with Crippen LogP contribution >= 0.6 is 12.4 Å². The highest BCUT2D eigenvalue weighted by molar-refractivity contribution is 5.93. The van der Waals surface area contributed by atoms with Crippen molar-refractivity contribution >= 4 is 30.0 Å². The third-order valence-electron chi connectivity index (χ3n) is 4.01. The smallest absolute Gasteiger partial charge is 0.337 e. The van der Waals surface area contributed by atoms with Crippen LogP contribution in [0.1, 0.15) is 42.5 Å². The van der Waals surface area contributed by atoms with Crippen molar-refractivity contribution in [2.24, 2.45) is 11.7 Å². The number of carbonyl (C=O) groups is 2. The van der Waals surface area contributed by atoms with Crippen LogP contribution in [0, 0.1) is 5.92 Å². The summed E-state index contributed by atoms with van der Waals surface area (Å²) in [6, 6.07) is 6.79. The third kappa shape index (κ3) is 5.00. The number of methoxy groups -OCH3 is 1. The molecule has 1 aromatic carbocycles. The van der Waals surface area contributed by atoms with Crippen molar-refractivity contribution in [1.82, 2.24) is 0 Å². The number of amides is 1. The third-order valence-corrected chi connectivity index (χ3v) is 4.01. The lowest BCUT2D eigenvalue weighted by atomic mass is 9.83. The van der Waals surface area contributed by atoms with Gasteiger partial charge in [0.15, 0.2) is 0 Å². The summed E-state index contributed by atoms with van der Waals surface area (Å²) in [4.78, 5) is 23.4. The normalized spacial score (nSPS) is 20.6. The number of hydrogen-bond acceptors (Lipinski definition) is 4. The molecule has 5 nitrogen and oxygen atoms in total. The maximum Gasteiger partial charge on any atom is 0.337 e. The molecular formula is C16H23ClN2O3. The Balaban J connectivity index is 0.00000242. The van der Waals surface area contributed by atoms with E-state index in [4.69, 9.17) is 5.73 Å². The van der Waals surface area contributed by atoms with Crippen LogP contribution in [0.5, 0.6) is 0 Å². The lowest BCUT2D eigenvalue weighted by Crippen LogP contribution is -2.35. The molecule has 2 rings (SSSR count). The second-order valence-corrected chi connectivity index (χ2v) is 5.53. The second-order valence-electron chi connectivity index (χ2n) is 5.53. The fourth-order valence-corrected chi connectivity index (χ4v) is 2.75. The van der Waals surface area contributed by atoms with E-state index in [0.717, 1.165) is 25.7 Å². The number of esters is 1. The van der Waals surface area contributed by atoms with E-state index in [1.807, 2.05) is 0 Å². The van der Waals surface area contributed by atoms with Crippen LogP contribution in [0.3, 0.4) is 0 Å². The molecule has 2 atom stereocenters. The highest BCUT2D eigenvalue weighted by Gasteiger charge is 2.24. The van der Waals surface area contributed by atoms with E-state index in [-0.39, 0.29) is 36.2 Å². The van der Waals surface area contributed by atoms with Crippen molar-refractivity contribution in [1.29, 1.82) is 0 Å². The van der Waals surface area contributed by atoms with E-state index in [9.17, 15) is 9.59 Å². The molecule has 0 aliphatic heterocycles. The molecule has 6 heteroatoms. The Hall–Kier alpha value is -1.59.